The summed E-state index contributed by atoms with van der Waals surface area (Å²) in [5, 5.41) is 2.96. The van der Waals surface area contributed by atoms with Gasteiger partial charge in [-0.3, -0.25) is 4.79 Å². The Morgan fingerprint density at radius 3 is 2.57 bits per heavy atom. The van der Waals surface area contributed by atoms with Crippen LogP contribution < -0.4 is 5.32 Å². The fraction of sp³-hybridized carbons (Fsp3) is 0.643. The van der Waals surface area contributed by atoms with Crippen LogP contribution in [0.25, 0.3) is 0 Å². The predicted molar refractivity (Wildman–Crippen MR) is 82.2 cm³/mol. The molecule has 0 radical (unpaired) electrons. The predicted octanol–water partition coefficient (Wildman–Crippen LogP) is 3.06. The number of hydrogen-bond acceptors (Lipinski definition) is 3. The first-order chi connectivity index (χ1) is 9.64. The largest absolute Gasteiger partial charge is 0.346 e. The van der Waals surface area contributed by atoms with Crippen molar-refractivity contribution in [2.75, 3.05) is 0 Å². The maximum Gasteiger partial charge on any atom is 0.268 e. The van der Waals surface area contributed by atoms with E-state index in [0.29, 0.717) is 5.69 Å². The Morgan fingerprint density at radius 2 is 2.10 bits per heavy atom. The van der Waals surface area contributed by atoms with E-state index in [0.717, 1.165) is 25.7 Å². The molecule has 0 saturated heterocycles. The molecule has 1 aliphatic rings. The number of halogens is 1. The number of carbonyl (C=O) groups excluding carboxylic acids is 1. The van der Waals surface area contributed by atoms with Gasteiger partial charge < -0.3 is 9.88 Å². The zero-order chi connectivity index (χ0) is 15.8. The van der Waals surface area contributed by atoms with Crippen LogP contribution in [0.3, 0.4) is 0 Å². The number of amides is 1. The average molecular weight is 333 g/mol. The minimum absolute atomic E-state index is 0.0190. The minimum atomic E-state index is -3.83. The molecule has 0 aliphatic heterocycles. The molecule has 7 heteroatoms. The summed E-state index contributed by atoms with van der Waals surface area (Å²) in [6.07, 6.45) is 5.17. The Kier molecular flexibility index (Phi) is 4.40. The van der Waals surface area contributed by atoms with E-state index in [4.69, 9.17) is 10.7 Å². The summed E-state index contributed by atoms with van der Waals surface area (Å²) in [5.41, 5.74) is 0.0331. The number of carbonyl (C=O) groups is 1. The van der Waals surface area contributed by atoms with Crippen molar-refractivity contribution >= 4 is 25.6 Å². The summed E-state index contributed by atoms with van der Waals surface area (Å²) in [6.45, 7) is 5.97. The van der Waals surface area contributed by atoms with E-state index < -0.39 is 9.05 Å². The van der Waals surface area contributed by atoms with E-state index in [9.17, 15) is 13.2 Å². The van der Waals surface area contributed by atoms with Crippen LogP contribution in [-0.2, 0) is 9.05 Å². The number of rotatable bonds is 6. The van der Waals surface area contributed by atoms with Gasteiger partial charge in [0.2, 0.25) is 0 Å². The molecule has 0 spiro atoms. The first-order valence-corrected chi connectivity index (χ1v) is 9.44. The van der Waals surface area contributed by atoms with E-state index in [1.54, 1.807) is 4.57 Å². The van der Waals surface area contributed by atoms with Crippen LogP contribution in [0.2, 0.25) is 0 Å². The van der Waals surface area contributed by atoms with Gasteiger partial charge in [-0.25, -0.2) is 8.42 Å². The number of nitrogens with zero attached hydrogens (tertiary/aromatic N) is 1. The van der Waals surface area contributed by atoms with Crippen molar-refractivity contribution in [3.05, 3.63) is 18.0 Å². The lowest BCUT2D eigenvalue weighted by molar-refractivity contribution is 0.0899. The van der Waals surface area contributed by atoms with E-state index in [-0.39, 0.29) is 22.4 Å². The molecule has 1 fully saturated rings. The lowest BCUT2D eigenvalue weighted by atomic mass is 9.99. The summed E-state index contributed by atoms with van der Waals surface area (Å²) in [5.74, 6) is -0.257. The van der Waals surface area contributed by atoms with Crippen LogP contribution in [0.5, 0.6) is 0 Å². The lowest BCUT2D eigenvalue weighted by Crippen LogP contribution is -2.43. The number of nitrogens with one attached hydrogen (secondary N) is 1. The molecule has 5 nitrogen and oxygen atoms in total. The topological polar surface area (TPSA) is 68.2 Å². The molecular formula is C14H21ClN2O3S. The van der Waals surface area contributed by atoms with Gasteiger partial charge in [0.15, 0.2) is 0 Å². The van der Waals surface area contributed by atoms with Crippen molar-refractivity contribution in [3.63, 3.8) is 0 Å². The van der Waals surface area contributed by atoms with Gasteiger partial charge in [-0.1, -0.05) is 13.3 Å². The molecule has 1 heterocycles. The minimum Gasteiger partial charge on any atom is -0.346 e. The summed E-state index contributed by atoms with van der Waals surface area (Å²) < 4.78 is 24.7. The van der Waals surface area contributed by atoms with Crippen molar-refractivity contribution in [3.8, 4) is 0 Å². The third-order valence-electron chi connectivity index (χ3n) is 3.60. The molecule has 0 bridgehead atoms. The lowest BCUT2D eigenvalue weighted by Gasteiger charge is -2.26. The summed E-state index contributed by atoms with van der Waals surface area (Å²) >= 11 is 0. The standard InChI is InChI=1S/C14H21ClN2O3S/c1-4-7-14(2,3)16-13(18)12-8-11(21(15,19)20)9-17(12)10-5-6-10/h8-10H,4-7H2,1-3H3,(H,16,18). The van der Waals surface area contributed by atoms with Crippen molar-refractivity contribution in [1.29, 1.82) is 0 Å². The second-order valence-electron chi connectivity index (χ2n) is 6.23. The molecule has 0 aromatic carbocycles. The number of hydrogen-bond donors (Lipinski definition) is 1. The smallest absolute Gasteiger partial charge is 0.268 e. The zero-order valence-corrected chi connectivity index (χ0v) is 14.1. The first-order valence-electron chi connectivity index (χ1n) is 7.13. The van der Waals surface area contributed by atoms with Gasteiger partial charge in [0.1, 0.15) is 10.6 Å². The van der Waals surface area contributed by atoms with Crippen molar-refractivity contribution in [2.24, 2.45) is 0 Å². The molecule has 2 rings (SSSR count). The summed E-state index contributed by atoms with van der Waals surface area (Å²) in [4.78, 5) is 12.4. The highest BCUT2D eigenvalue weighted by Crippen LogP contribution is 2.37. The van der Waals surface area contributed by atoms with E-state index in [2.05, 4.69) is 12.2 Å². The molecule has 1 N–H and O–H groups in total. The molecule has 1 amide bonds. The van der Waals surface area contributed by atoms with Crippen LogP contribution >= 0.6 is 10.7 Å². The Morgan fingerprint density at radius 1 is 1.48 bits per heavy atom. The van der Waals surface area contributed by atoms with Gasteiger partial charge in [0, 0.05) is 28.5 Å². The van der Waals surface area contributed by atoms with Gasteiger partial charge >= 0.3 is 0 Å². The van der Waals surface area contributed by atoms with Crippen molar-refractivity contribution < 1.29 is 13.2 Å². The fourth-order valence-electron chi connectivity index (χ4n) is 2.48. The summed E-state index contributed by atoms with van der Waals surface area (Å²) in [7, 11) is 1.56. The van der Waals surface area contributed by atoms with Gasteiger partial charge in [0.05, 0.1) is 0 Å². The highest BCUT2D eigenvalue weighted by Gasteiger charge is 2.31. The normalized spacial score (nSPS) is 16.0. The Labute approximate surface area is 130 Å². The van der Waals surface area contributed by atoms with Crippen LogP contribution in [0.4, 0.5) is 0 Å². The molecule has 1 aliphatic carbocycles. The maximum atomic E-state index is 12.5. The Hall–Kier alpha value is -1.01. The molecule has 0 atom stereocenters. The number of aromatic nitrogens is 1. The van der Waals surface area contributed by atoms with E-state index in [1.807, 2.05) is 13.8 Å². The maximum absolute atomic E-state index is 12.5. The van der Waals surface area contributed by atoms with Gasteiger partial charge in [0.25, 0.3) is 15.0 Å². The molecule has 1 saturated carbocycles. The fourth-order valence-corrected chi connectivity index (χ4v) is 3.23. The van der Waals surface area contributed by atoms with Crippen molar-refractivity contribution in [1.82, 2.24) is 9.88 Å². The molecule has 21 heavy (non-hydrogen) atoms. The quantitative estimate of drug-likeness (QED) is 0.814. The summed E-state index contributed by atoms with van der Waals surface area (Å²) in [6, 6.07) is 1.56. The van der Waals surface area contributed by atoms with Crippen LogP contribution in [-0.4, -0.2) is 24.4 Å². The third-order valence-corrected chi connectivity index (χ3v) is 4.93. The molecule has 118 valence electrons. The van der Waals surface area contributed by atoms with Gasteiger partial charge in [-0.2, -0.15) is 0 Å². The van der Waals surface area contributed by atoms with Crippen LogP contribution in [0.15, 0.2) is 17.2 Å². The Bertz CT molecular complexity index is 645. The SMILES string of the molecule is CCCC(C)(C)NC(=O)c1cc(S(=O)(=O)Cl)cn1C1CC1. The molecular weight excluding hydrogens is 312 g/mol. The van der Waals surface area contributed by atoms with Crippen LogP contribution in [0, 0.1) is 0 Å². The Balaban J connectivity index is 2.30. The van der Waals surface area contributed by atoms with Gasteiger partial charge in [-0.15, -0.1) is 0 Å². The third kappa shape index (κ3) is 4.01. The average Bonchev–Trinajstić information content (AvgIpc) is 3.05. The monoisotopic (exact) mass is 332 g/mol. The van der Waals surface area contributed by atoms with Crippen LogP contribution in [0.1, 0.15) is 63.0 Å². The molecule has 0 unspecified atom stereocenters. The van der Waals surface area contributed by atoms with Gasteiger partial charge in [-0.05, 0) is 39.2 Å². The van der Waals surface area contributed by atoms with E-state index >= 15 is 0 Å². The molecule has 1 aromatic rings. The zero-order valence-electron chi connectivity index (χ0n) is 12.5. The molecule has 1 aromatic heterocycles. The van der Waals surface area contributed by atoms with E-state index in [1.165, 1.54) is 12.3 Å². The highest BCUT2D eigenvalue weighted by molar-refractivity contribution is 8.13. The first kappa shape index (κ1) is 16.4. The van der Waals surface area contributed by atoms with Crippen molar-refractivity contribution in [2.45, 2.75) is 62.9 Å². The second kappa shape index (κ2) is 5.65. The second-order valence-corrected chi connectivity index (χ2v) is 8.79. The highest BCUT2D eigenvalue weighted by atomic mass is 35.7.